The molecular formula is C22H23N3O6S. The van der Waals surface area contributed by atoms with Crippen LogP contribution in [0.5, 0.6) is 17.4 Å². The van der Waals surface area contributed by atoms with Gasteiger partial charge in [0, 0.05) is 31.6 Å². The molecule has 168 valence electrons. The van der Waals surface area contributed by atoms with E-state index in [4.69, 9.17) is 14.2 Å². The van der Waals surface area contributed by atoms with Crippen molar-refractivity contribution in [1.29, 1.82) is 0 Å². The Morgan fingerprint density at radius 2 is 1.62 bits per heavy atom. The maximum atomic E-state index is 12.5. The Bertz CT molecular complexity index is 1130. The number of carbonyl (C=O) groups excluding carboxylic acids is 1. The number of nitrogens with one attached hydrogen (secondary N) is 2. The Hall–Kier alpha value is -3.63. The first kappa shape index (κ1) is 23.0. The molecule has 0 bridgehead atoms. The number of hydrogen-bond donors (Lipinski definition) is 2. The van der Waals surface area contributed by atoms with Crippen molar-refractivity contribution in [3.63, 3.8) is 0 Å². The number of pyridine rings is 1. The van der Waals surface area contributed by atoms with Gasteiger partial charge in [-0.15, -0.1) is 0 Å². The summed E-state index contributed by atoms with van der Waals surface area (Å²) in [7, 11) is -0.668. The molecule has 10 heteroatoms. The highest BCUT2D eigenvalue weighted by molar-refractivity contribution is 7.92. The number of methoxy groups -OCH3 is 2. The Morgan fingerprint density at radius 1 is 0.938 bits per heavy atom. The SMILES string of the molecule is COCCNC(=O)c1ccc(Oc2ccc(NS(=O)(=O)c3ccc(OC)cc3)cc2)nc1. The molecule has 2 aromatic carbocycles. The molecule has 32 heavy (non-hydrogen) atoms. The third-order valence-corrected chi connectivity index (χ3v) is 5.69. The van der Waals surface area contributed by atoms with Gasteiger partial charge in [0.25, 0.3) is 15.9 Å². The van der Waals surface area contributed by atoms with E-state index in [0.717, 1.165) is 0 Å². The number of anilines is 1. The maximum Gasteiger partial charge on any atom is 0.261 e. The molecule has 1 aromatic heterocycles. The lowest BCUT2D eigenvalue weighted by Crippen LogP contribution is -2.26. The minimum atomic E-state index is -3.74. The summed E-state index contributed by atoms with van der Waals surface area (Å²) in [5.41, 5.74) is 0.779. The molecule has 0 atom stereocenters. The molecule has 3 rings (SSSR count). The van der Waals surface area contributed by atoms with Crippen molar-refractivity contribution in [2.75, 3.05) is 32.1 Å². The standard InChI is InChI=1S/C22H23N3O6S/c1-29-14-13-23-22(26)16-3-12-21(24-15-16)31-19-6-4-17(5-7-19)25-32(27,28)20-10-8-18(30-2)9-11-20/h3-12,15,25H,13-14H2,1-2H3,(H,23,26). The molecular weight excluding hydrogens is 434 g/mol. The average Bonchev–Trinajstić information content (AvgIpc) is 2.81. The highest BCUT2D eigenvalue weighted by Gasteiger charge is 2.14. The molecule has 1 amide bonds. The van der Waals surface area contributed by atoms with E-state index in [9.17, 15) is 13.2 Å². The number of carbonyl (C=O) groups is 1. The second kappa shape index (κ2) is 10.6. The van der Waals surface area contributed by atoms with Gasteiger partial charge >= 0.3 is 0 Å². The van der Waals surface area contributed by atoms with Crippen LogP contribution >= 0.6 is 0 Å². The molecule has 0 aliphatic rings. The molecule has 0 fully saturated rings. The molecule has 0 spiro atoms. The first-order valence-electron chi connectivity index (χ1n) is 9.59. The van der Waals surface area contributed by atoms with Gasteiger partial charge in [-0.1, -0.05) is 0 Å². The quantitative estimate of drug-likeness (QED) is 0.450. The van der Waals surface area contributed by atoms with Crippen LogP contribution in [0.4, 0.5) is 5.69 Å². The van der Waals surface area contributed by atoms with Gasteiger partial charge in [-0.25, -0.2) is 13.4 Å². The smallest absolute Gasteiger partial charge is 0.261 e. The van der Waals surface area contributed by atoms with Crippen LogP contribution in [0.1, 0.15) is 10.4 Å². The number of rotatable bonds is 10. The summed E-state index contributed by atoms with van der Waals surface area (Å²) in [5, 5.41) is 2.70. The predicted molar refractivity (Wildman–Crippen MR) is 119 cm³/mol. The zero-order valence-corrected chi connectivity index (χ0v) is 18.4. The summed E-state index contributed by atoms with van der Waals surface area (Å²) in [6.07, 6.45) is 1.41. The second-order valence-electron chi connectivity index (χ2n) is 6.54. The molecule has 1 heterocycles. The summed E-state index contributed by atoms with van der Waals surface area (Å²) in [5.74, 6) is 1.07. The summed E-state index contributed by atoms with van der Waals surface area (Å²) < 4.78 is 43.1. The molecule has 0 radical (unpaired) electrons. The Balaban J connectivity index is 1.60. The van der Waals surface area contributed by atoms with Crippen molar-refractivity contribution in [1.82, 2.24) is 10.3 Å². The molecule has 0 aliphatic heterocycles. The summed E-state index contributed by atoms with van der Waals surface area (Å²) in [6, 6.07) is 15.6. The van der Waals surface area contributed by atoms with Crippen LogP contribution in [-0.4, -0.2) is 46.7 Å². The molecule has 0 saturated heterocycles. The normalized spacial score (nSPS) is 10.9. The third-order valence-electron chi connectivity index (χ3n) is 4.29. The van der Waals surface area contributed by atoms with Crippen LogP contribution in [0.2, 0.25) is 0 Å². The van der Waals surface area contributed by atoms with Gasteiger partial charge in [0.05, 0.1) is 24.2 Å². The van der Waals surface area contributed by atoms with Crippen molar-refractivity contribution in [3.8, 4) is 17.4 Å². The van der Waals surface area contributed by atoms with Crippen molar-refractivity contribution in [2.24, 2.45) is 0 Å². The van der Waals surface area contributed by atoms with Gasteiger partial charge in [0.15, 0.2) is 0 Å². The number of amides is 1. The van der Waals surface area contributed by atoms with Gasteiger partial charge in [-0.2, -0.15) is 0 Å². The Morgan fingerprint density at radius 3 is 2.22 bits per heavy atom. The zero-order valence-electron chi connectivity index (χ0n) is 17.6. The Kier molecular flexibility index (Phi) is 7.63. The van der Waals surface area contributed by atoms with Gasteiger partial charge in [-0.05, 0) is 54.6 Å². The van der Waals surface area contributed by atoms with Crippen LogP contribution in [0.3, 0.4) is 0 Å². The third kappa shape index (κ3) is 6.19. The average molecular weight is 458 g/mol. The fraction of sp³-hybridized carbons (Fsp3) is 0.182. The van der Waals surface area contributed by atoms with E-state index in [0.29, 0.717) is 41.8 Å². The van der Waals surface area contributed by atoms with E-state index in [-0.39, 0.29) is 10.8 Å². The van der Waals surface area contributed by atoms with E-state index < -0.39 is 10.0 Å². The van der Waals surface area contributed by atoms with Gasteiger partial charge in [0.2, 0.25) is 5.88 Å². The summed E-state index contributed by atoms with van der Waals surface area (Å²) in [4.78, 5) is 16.2. The van der Waals surface area contributed by atoms with E-state index in [1.807, 2.05) is 0 Å². The lowest BCUT2D eigenvalue weighted by atomic mass is 10.2. The van der Waals surface area contributed by atoms with Crippen molar-refractivity contribution < 1.29 is 27.4 Å². The van der Waals surface area contributed by atoms with Crippen molar-refractivity contribution >= 4 is 21.6 Å². The number of benzene rings is 2. The highest BCUT2D eigenvalue weighted by Crippen LogP contribution is 2.24. The number of ether oxygens (including phenoxy) is 3. The summed E-state index contributed by atoms with van der Waals surface area (Å²) in [6.45, 7) is 0.828. The Labute approximate surface area is 186 Å². The lowest BCUT2D eigenvalue weighted by Gasteiger charge is -2.10. The molecule has 9 nitrogen and oxygen atoms in total. The minimum Gasteiger partial charge on any atom is -0.497 e. The second-order valence-corrected chi connectivity index (χ2v) is 8.22. The van der Waals surface area contributed by atoms with Gasteiger partial charge < -0.3 is 19.5 Å². The number of sulfonamides is 1. The molecule has 0 aliphatic carbocycles. The maximum absolute atomic E-state index is 12.5. The predicted octanol–water partition coefficient (Wildman–Crippen LogP) is 3.06. The van der Waals surface area contributed by atoms with E-state index >= 15 is 0 Å². The van der Waals surface area contributed by atoms with Gasteiger partial charge in [0.1, 0.15) is 11.5 Å². The number of hydrogen-bond acceptors (Lipinski definition) is 7. The van der Waals surface area contributed by atoms with Crippen LogP contribution in [0.25, 0.3) is 0 Å². The zero-order chi connectivity index (χ0) is 23.0. The monoisotopic (exact) mass is 457 g/mol. The summed E-state index contributed by atoms with van der Waals surface area (Å²) >= 11 is 0. The lowest BCUT2D eigenvalue weighted by molar-refractivity contribution is 0.0936. The molecule has 0 unspecified atom stereocenters. The van der Waals surface area contributed by atoms with E-state index in [1.54, 1.807) is 55.6 Å². The van der Waals surface area contributed by atoms with Crippen molar-refractivity contribution in [2.45, 2.75) is 4.90 Å². The van der Waals surface area contributed by atoms with Crippen LogP contribution in [0, 0.1) is 0 Å². The minimum absolute atomic E-state index is 0.120. The number of aromatic nitrogens is 1. The topological polar surface area (TPSA) is 116 Å². The fourth-order valence-corrected chi connectivity index (χ4v) is 3.68. The van der Waals surface area contributed by atoms with Crippen molar-refractivity contribution in [3.05, 3.63) is 72.4 Å². The molecule has 3 aromatic rings. The van der Waals surface area contributed by atoms with Gasteiger partial charge in [-0.3, -0.25) is 9.52 Å². The van der Waals surface area contributed by atoms with E-state index in [1.165, 1.54) is 25.4 Å². The van der Waals surface area contributed by atoms with Crippen LogP contribution < -0.4 is 19.5 Å². The highest BCUT2D eigenvalue weighted by atomic mass is 32.2. The molecule has 2 N–H and O–H groups in total. The number of nitrogens with zero attached hydrogens (tertiary/aromatic N) is 1. The van der Waals surface area contributed by atoms with Crippen LogP contribution in [0.15, 0.2) is 71.8 Å². The first-order chi connectivity index (χ1) is 15.4. The first-order valence-corrected chi connectivity index (χ1v) is 11.1. The fourth-order valence-electron chi connectivity index (χ4n) is 2.62. The molecule has 0 saturated carbocycles. The largest absolute Gasteiger partial charge is 0.497 e. The van der Waals surface area contributed by atoms with E-state index in [2.05, 4.69) is 15.0 Å². The van der Waals surface area contributed by atoms with Crippen LogP contribution in [-0.2, 0) is 14.8 Å².